The predicted octanol–water partition coefficient (Wildman–Crippen LogP) is 3.99. The number of nitrogens with zero attached hydrogens (tertiary/aromatic N) is 1. The fraction of sp³-hybridized carbons (Fsp3) is 0.0556. The molecule has 0 saturated heterocycles. The summed E-state index contributed by atoms with van der Waals surface area (Å²) in [5.74, 6) is 3.39. The van der Waals surface area contributed by atoms with Gasteiger partial charge in [-0.25, -0.2) is 0 Å². The Morgan fingerprint density at radius 1 is 0.950 bits per heavy atom. The highest BCUT2D eigenvalue weighted by molar-refractivity contribution is 5.84. The molecule has 0 radical (unpaired) electrons. The molecule has 2 aromatic carbocycles. The number of benzene rings is 2. The SMILES string of the molecule is C#C[C@@H](Oc1cccc2cccnc12)c1ccccc1. The first-order chi connectivity index (χ1) is 9.88. The molecule has 0 fully saturated rings. The molecule has 0 saturated carbocycles. The van der Waals surface area contributed by atoms with Crippen molar-refractivity contribution < 1.29 is 4.74 Å². The van der Waals surface area contributed by atoms with Crippen molar-refractivity contribution in [3.05, 3.63) is 72.4 Å². The number of aromatic nitrogens is 1. The largest absolute Gasteiger partial charge is 0.471 e. The topological polar surface area (TPSA) is 22.1 Å². The molecule has 3 rings (SSSR count). The fourth-order valence-corrected chi connectivity index (χ4v) is 2.12. The van der Waals surface area contributed by atoms with Crippen molar-refractivity contribution in [2.24, 2.45) is 0 Å². The molecule has 0 N–H and O–H groups in total. The molecule has 0 bridgehead atoms. The van der Waals surface area contributed by atoms with E-state index in [1.807, 2.05) is 60.7 Å². The van der Waals surface area contributed by atoms with E-state index < -0.39 is 6.10 Å². The lowest BCUT2D eigenvalue weighted by molar-refractivity contribution is 0.268. The Kier molecular flexibility index (Phi) is 3.34. The first-order valence-corrected chi connectivity index (χ1v) is 6.40. The number of ether oxygens (including phenoxy) is 1. The number of fused-ring (bicyclic) bond motifs is 1. The summed E-state index contributed by atoms with van der Waals surface area (Å²) in [7, 11) is 0. The summed E-state index contributed by atoms with van der Waals surface area (Å²) in [6.07, 6.45) is 6.94. The van der Waals surface area contributed by atoms with E-state index in [2.05, 4.69) is 10.9 Å². The van der Waals surface area contributed by atoms with Crippen LogP contribution in [0.4, 0.5) is 0 Å². The Labute approximate surface area is 118 Å². The van der Waals surface area contributed by atoms with Gasteiger partial charge < -0.3 is 4.74 Å². The lowest BCUT2D eigenvalue weighted by Crippen LogP contribution is -2.05. The Hall–Kier alpha value is -2.79. The van der Waals surface area contributed by atoms with E-state index in [9.17, 15) is 0 Å². The summed E-state index contributed by atoms with van der Waals surface area (Å²) < 4.78 is 5.96. The molecule has 3 aromatic rings. The highest BCUT2D eigenvalue weighted by atomic mass is 16.5. The van der Waals surface area contributed by atoms with Gasteiger partial charge in [-0.3, -0.25) is 4.98 Å². The lowest BCUT2D eigenvalue weighted by atomic mass is 10.1. The van der Waals surface area contributed by atoms with Gasteiger partial charge >= 0.3 is 0 Å². The zero-order valence-corrected chi connectivity index (χ0v) is 10.9. The molecule has 1 aromatic heterocycles. The first-order valence-electron chi connectivity index (χ1n) is 6.40. The van der Waals surface area contributed by atoms with Crippen LogP contribution in [0, 0.1) is 12.3 Å². The molecule has 0 spiro atoms. The number of terminal acetylenes is 1. The van der Waals surface area contributed by atoms with E-state index in [1.165, 1.54) is 0 Å². The van der Waals surface area contributed by atoms with Gasteiger partial charge in [0.25, 0.3) is 0 Å². The molecule has 0 aliphatic carbocycles. The van der Waals surface area contributed by atoms with Crippen LogP contribution in [0.1, 0.15) is 11.7 Å². The van der Waals surface area contributed by atoms with Crippen molar-refractivity contribution in [3.8, 4) is 18.1 Å². The molecular formula is C18H13NO. The monoisotopic (exact) mass is 259 g/mol. The van der Waals surface area contributed by atoms with Gasteiger partial charge in [-0.05, 0) is 12.1 Å². The van der Waals surface area contributed by atoms with Crippen molar-refractivity contribution in [1.29, 1.82) is 0 Å². The average Bonchev–Trinajstić information content (AvgIpc) is 2.53. The second-order valence-corrected chi connectivity index (χ2v) is 4.41. The minimum Gasteiger partial charge on any atom is -0.471 e. The second kappa shape index (κ2) is 5.46. The Bertz CT molecular complexity index is 754. The summed E-state index contributed by atoms with van der Waals surface area (Å²) in [6.45, 7) is 0. The third-order valence-electron chi connectivity index (χ3n) is 3.09. The standard InChI is InChI=1S/C18H13NO/c1-2-16(14-8-4-3-5-9-14)20-17-12-6-10-15-11-7-13-19-18(15)17/h1,3-13,16H/t16-/m1/s1. The average molecular weight is 259 g/mol. The molecule has 1 atom stereocenters. The van der Waals surface area contributed by atoms with Gasteiger partial charge in [0, 0.05) is 17.1 Å². The zero-order valence-electron chi connectivity index (χ0n) is 10.9. The van der Waals surface area contributed by atoms with Gasteiger partial charge in [0.05, 0.1) is 0 Å². The molecule has 2 nitrogen and oxygen atoms in total. The van der Waals surface area contributed by atoms with Crippen LogP contribution in [-0.2, 0) is 0 Å². The number of para-hydroxylation sites is 1. The quantitative estimate of drug-likeness (QED) is 0.663. The van der Waals surface area contributed by atoms with Crippen molar-refractivity contribution in [3.63, 3.8) is 0 Å². The molecule has 20 heavy (non-hydrogen) atoms. The van der Waals surface area contributed by atoms with Gasteiger partial charge in [0.1, 0.15) is 11.3 Å². The van der Waals surface area contributed by atoms with Crippen molar-refractivity contribution in [2.75, 3.05) is 0 Å². The van der Waals surface area contributed by atoms with E-state index in [-0.39, 0.29) is 0 Å². The number of pyridine rings is 1. The van der Waals surface area contributed by atoms with E-state index >= 15 is 0 Å². The lowest BCUT2D eigenvalue weighted by Gasteiger charge is -2.15. The third-order valence-corrected chi connectivity index (χ3v) is 3.09. The second-order valence-electron chi connectivity index (χ2n) is 4.41. The van der Waals surface area contributed by atoms with Crippen molar-refractivity contribution in [1.82, 2.24) is 4.98 Å². The van der Waals surface area contributed by atoms with Gasteiger partial charge in [0.15, 0.2) is 6.10 Å². The normalized spacial score (nSPS) is 11.8. The number of hydrogen-bond acceptors (Lipinski definition) is 2. The summed E-state index contributed by atoms with van der Waals surface area (Å²) in [5.41, 5.74) is 1.79. The molecule has 0 aliphatic heterocycles. The smallest absolute Gasteiger partial charge is 0.184 e. The number of hydrogen-bond donors (Lipinski definition) is 0. The van der Waals surface area contributed by atoms with Crippen molar-refractivity contribution >= 4 is 10.9 Å². The zero-order chi connectivity index (χ0) is 13.8. The van der Waals surface area contributed by atoms with Gasteiger partial charge in [-0.1, -0.05) is 54.5 Å². The summed E-state index contributed by atoms with van der Waals surface area (Å²) in [5, 5.41) is 1.04. The summed E-state index contributed by atoms with van der Waals surface area (Å²) in [6, 6.07) is 19.5. The maximum atomic E-state index is 5.96. The maximum absolute atomic E-state index is 5.96. The molecule has 2 heteroatoms. The van der Waals surface area contributed by atoms with E-state index in [0.29, 0.717) is 5.75 Å². The van der Waals surface area contributed by atoms with Crippen LogP contribution in [0.15, 0.2) is 66.9 Å². The van der Waals surface area contributed by atoms with E-state index in [0.717, 1.165) is 16.5 Å². The van der Waals surface area contributed by atoms with Crippen LogP contribution in [0.3, 0.4) is 0 Å². The molecule has 1 heterocycles. The molecule has 0 aliphatic rings. The van der Waals surface area contributed by atoms with Gasteiger partial charge in [-0.2, -0.15) is 0 Å². The molecule has 96 valence electrons. The molecule has 0 amide bonds. The highest BCUT2D eigenvalue weighted by Crippen LogP contribution is 2.27. The van der Waals surface area contributed by atoms with Gasteiger partial charge in [-0.15, -0.1) is 6.42 Å². The Morgan fingerprint density at radius 3 is 2.55 bits per heavy atom. The summed E-state index contributed by atoms with van der Waals surface area (Å²) in [4.78, 5) is 4.37. The molecule has 0 unspecified atom stereocenters. The minimum absolute atomic E-state index is 0.413. The maximum Gasteiger partial charge on any atom is 0.184 e. The van der Waals surface area contributed by atoms with Crippen LogP contribution in [-0.4, -0.2) is 4.98 Å². The number of rotatable bonds is 3. The predicted molar refractivity (Wildman–Crippen MR) is 80.4 cm³/mol. The molecular weight excluding hydrogens is 246 g/mol. The van der Waals surface area contributed by atoms with Crippen LogP contribution in [0.2, 0.25) is 0 Å². The van der Waals surface area contributed by atoms with Crippen LogP contribution in [0.5, 0.6) is 5.75 Å². The van der Waals surface area contributed by atoms with Crippen LogP contribution < -0.4 is 4.74 Å². The van der Waals surface area contributed by atoms with Crippen molar-refractivity contribution in [2.45, 2.75) is 6.10 Å². The Morgan fingerprint density at radius 2 is 1.75 bits per heavy atom. The summed E-state index contributed by atoms with van der Waals surface area (Å²) >= 11 is 0. The van der Waals surface area contributed by atoms with E-state index in [1.54, 1.807) is 6.20 Å². The Balaban J connectivity index is 1.99. The highest BCUT2D eigenvalue weighted by Gasteiger charge is 2.11. The third kappa shape index (κ3) is 2.34. The fourth-order valence-electron chi connectivity index (χ4n) is 2.12. The van der Waals surface area contributed by atoms with E-state index in [4.69, 9.17) is 11.2 Å². The van der Waals surface area contributed by atoms with Crippen LogP contribution >= 0.6 is 0 Å². The first kappa shape index (κ1) is 12.3. The minimum atomic E-state index is -0.413. The van der Waals surface area contributed by atoms with Crippen LogP contribution in [0.25, 0.3) is 10.9 Å². The van der Waals surface area contributed by atoms with Gasteiger partial charge in [0.2, 0.25) is 0 Å².